The first-order valence-corrected chi connectivity index (χ1v) is 6.47. The molecule has 0 saturated carbocycles. The van der Waals surface area contributed by atoms with Crippen LogP contribution in [0.25, 0.3) is 0 Å². The van der Waals surface area contributed by atoms with E-state index >= 15 is 0 Å². The summed E-state index contributed by atoms with van der Waals surface area (Å²) in [5, 5.41) is 0. The quantitative estimate of drug-likeness (QED) is 0.813. The molecule has 4 nitrogen and oxygen atoms in total. The van der Waals surface area contributed by atoms with Gasteiger partial charge in [0.25, 0.3) is 5.91 Å². The van der Waals surface area contributed by atoms with Crippen molar-refractivity contribution in [3.8, 4) is 0 Å². The van der Waals surface area contributed by atoms with Crippen molar-refractivity contribution in [2.24, 2.45) is 0 Å². The van der Waals surface area contributed by atoms with Crippen LogP contribution in [-0.4, -0.2) is 36.6 Å². The Morgan fingerprint density at radius 2 is 2.39 bits per heavy atom. The maximum Gasteiger partial charge on any atom is 0.254 e. The second kappa shape index (κ2) is 5.87. The minimum atomic E-state index is 0.0475. The van der Waals surface area contributed by atoms with Crippen LogP contribution in [0.4, 0.5) is 5.69 Å². The van der Waals surface area contributed by atoms with Crippen molar-refractivity contribution in [3.63, 3.8) is 0 Å². The average molecular weight is 248 g/mol. The second-order valence-corrected chi connectivity index (χ2v) is 4.63. The molecule has 0 spiro atoms. The highest BCUT2D eigenvalue weighted by molar-refractivity contribution is 5.95. The number of hydrogen-bond donors (Lipinski definition) is 1. The SMILES string of the molecule is CCC1CN(C(=O)c2cccc(N)c2)CCCO1. The van der Waals surface area contributed by atoms with E-state index < -0.39 is 0 Å². The lowest BCUT2D eigenvalue weighted by Gasteiger charge is -2.23. The monoisotopic (exact) mass is 248 g/mol. The zero-order valence-electron chi connectivity index (χ0n) is 10.8. The Hall–Kier alpha value is -1.55. The molecule has 18 heavy (non-hydrogen) atoms. The summed E-state index contributed by atoms with van der Waals surface area (Å²) < 4.78 is 5.67. The molecule has 1 unspecified atom stereocenters. The number of benzene rings is 1. The summed E-state index contributed by atoms with van der Waals surface area (Å²) in [6.07, 6.45) is 1.98. The van der Waals surface area contributed by atoms with Crippen LogP contribution in [0.15, 0.2) is 24.3 Å². The highest BCUT2D eigenvalue weighted by Gasteiger charge is 2.22. The van der Waals surface area contributed by atoms with Crippen LogP contribution in [0.1, 0.15) is 30.1 Å². The lowest BCUT2D eigenvalue weighted by atomic mass is 10.1. The van der Waals surface area contributed by atoms with E-state index in [-0.39, 0.29) is 12.0 Å². The number of nitrogen functional groups attached to an aromatic ring is 1. The molecule has 1 aromatic carbocycles. The number of anilines is 1. The Labute approximate surface area is 108 Å². The van der Waals surface area contributed by atoms with Gasteiger partial charge in [0.2, 0.25) is 0 Å². The average Bonchev–Trinajstić information content (AvgIpc) is 2.63. The molecule has 0 aliphatic carbocycles. The molecule has 4 heteroatoms. The zero-order chi connectivity index (χ0) is 13.0. The van der Waals surface area contributed by atoms with Crippen molar-refractivity contribution in [3.05, 3.63) is 29.8 Å². The molecule has 0 radical (unpaired) electrons. The minimum absolute atomic E-state index is 0.0475. The van der Waals surface area contributed by atoms with Crippen molar-refractivity contribution in [2.45, 2.75) is 25.9 Å². The number of carbonyl (C=O) groups is 1. The molecule has 1 atom stereocenters. The summed E-state index contributed by atoms with van der Waals surface area (Å²) in [6.45, 7) is 4.24. The Kier molecular flexibility index (Phi) is 4.20. The van der Waals surface area contributed by atoms with Gasteiger partial charge in [-0.25, -0.2) is 0 Å². The van der Waals surface area contributed by atoms with Crippen LogP contribution >= 0.6 is 0 Å². The van der Waals surface area contributed by atoms with E-state index in [2.05, 4.69) is 6.92 Å². The molecule has 0 aromatic heterocycles. The molecule has 1 aromatic rings. The second-order valence-electron chi connectivity index (χ2n) is 4.63. The molecule has 2 N–H and O–H groups in total. The summed E-state index contributed by atoms with van der Waals surface area (Å²) in [7, 11) is 0. The molecule has 2 rings (SSSR count). The molecule has 1 heterocycles. The number of hydrogen-bond acceptors (Lipinski definition) is 3. The lowest BCUT2D eigenvalue weighted by molar-refractivity contribution is 0.0460. The van der Waals surface area contributed by atoms with Crippen molar-refractivity contribution in [1.29, 1.82) is 0 Å². The number of carbonyl (C=O) groups excluding carboxylic acids is 1. The van der Waals surface area contributed by atoms with E-state index in [1.165, 1.54) is 0 Å². The minimum Gasteiger partial charge on any atom is -0.399 e. The Bertz CT molecular complexity index is 420. The number of rotatable bonds is 2. The van der Waals surface area contributed by atoms with Crippen molar-refractivity contribution < 1.29 is 9.53 Å². The number of nitrogens with two attached hydrogens (primary N) is 1. The Balaban J connectivity index is 2.12. The third-order valence-corrected chi connectivity index (χ3v) is 3.23. The Morgan fingerprint density at radius 1 is 1.56 bits per heavy atom. The van der Waals surface area contributed by atoms with E-state index in [0.717, 1.165) is 26.0 Å². The van der Waals surface area contributed by atoms with Gasteiger partial charge in [0, 0.05) is 30.9 Å². The lowest BCUT2D eigenvalue weighted by Crippen LogP contribution is -2.36. The normalized spacial score (nSPS) is 20.5. The number of nitrogens with zero attached hydrogens (tertiary/aromatic N) is 1. The fourth-order valence-electron chi connectivity index (χ4n) is 2.18. The third kappa shape index (κ3) is 3.01. The van der Waals surface area contributed by atoms with Gasteiger partial charge in [0.15, 0.2) is 0 Å². The van der Waals surface area contributed by atoms with Gasteiger partial charge >= 0.3 is 0 Å². The van der Waals surface area contributed by atoms with Crippen LogP contribution in [0.5, 0.6) is 0 Å². The van der Waals surface area contributed by atoms with Crippen LogP contribution in [0.2, 0.25) is 0 Å². The maximum atomic E-state index is 12.4. The molecule has 1 amide bonds. The molecule has 1 aliphatic heterocycles. The molecule has 0 bridgehead atoms. The fourth-order valence-corrected chi connectivity index (χ4v) is 2.18. The predicted molar refractivity (Wildman–Crippen MR) is 71.4 cm³/mol. The summed E-state index contributed by atoms with van der Waals surface area (Å²) in [6, 6.07) is 7.14. The molecule has 1 aliphatic rings. The highest BCUT2D eigenvalue weighted by atomic mass is 16.5. The number of amides is 1. The van der Waals surface area contributed by atoms with Gasteiger partial charge in [0.1, 0.15) is 0 Å². The van der Waals surface area contributed by atoms with Crippen molar-refractivity contribution in [2.75, 3.05) is 25.4 Å². The highest BCUT2D eigenvalue weighted by Crippen LogP contribution is 2.14. The summed E-state index contributed by atoms with van der Waals surface area (Å²) >= 11 is 0. The first-order chi connectivity index (χ1) is 8.70. The van der Waals surface area contributed by atoms with E-state index in [1.54, 1.807) is 12.1 Å². The predicted octanol–water partition coefficient (Wildman–Crippen LogP) is 1.91. The topological polar surface area (TPSA) is 55.6 Å². The van der Waals surface area contributed by atoms with Gasteiger partial charge in [-0.2, -0.15) is 0 Å². The molecule has 98 valence electrons. The van der Waals surface area contributed by atoms with Gasteiger partial charge in [-0.15, -0.1) is 0 Å². The molecule has 1 fully saturated rings. The van der Waals surface area contributed by atoms with Crippen LogP contribution < -0.4 is 5.73 Å². The van der Waals surface area contributed by atoms with Gasteiger partial charge in [0.05, 0.1) is 6.10 Å². The van der Waals surface area contributed by atoms with Crippen LogP contribution in [-0.2, 0) is 4.74 Å². The van der Waals surface area contributed by atoms with Gasteiger partial charge in [-0.05, 0) is 31.0 Å². The summed E-state index contributed by atoms with van der Waals surface area (Å²) in [5.74, 6) is 0.0475. The molecular formula is C14H20N2O2. The standard InChI is InChI=1S/C14H20N2O2/c1-2-13-10-16(7-4-8-18-13)14(17)11-5-3-6-12(15)9-11/h3,5-6,9,13H,2,4,7-8,10,15H2,1H3. The van der Waals surface area contributed by atoms with Gasteiger partial charge in [-0.1, -0.05) is 13.0 Å². The van der Waals surface area contributed by atoms with Crippen molar-refractivity contribution >= 4 is 11.6 Å². The number of ether oxygens (including phenoxy) is 1. The van der Waals surface area contributed by atoms with Crippen molar-refractivity contribution in [1.82, 2.24) is 4.90 Å². The molecular weight excluding hydrogens is 228 g/mol. The summed E-state index contributed by atoms with van der Waals surface area (Å²) in [5.41, 5.74) is 7.00. The van der Waals surface area contributed by atoms with Crippen LogP contribution in [0.3, 0.4) is 0 Å². The van der Waals surface area contributed by atoms with Gasteiger partial charge < -0.3 is 15.4 Å². The largest absolute Gasteiger partial charge is 0.399 e. The third-order valence-electron chi connectivity index (χ3n) is 3.23. The Morgan fingerprint density at radius 3 is 3.11 bits per heavy atom. The van der Waals surface area contributed by atoms with E-state index in [1.807, 2.05) is 17.0 Å². The summed E-state index contributed by atoms with van der Waals surface area (Å²) in [4.78, 5) is 14.3. The zero-order valence-corrected chi connectivity index (χ0v) is 10.8. The van der Waals surface area contributed by atoms with Gasteiger partial charge in [-0.3, -0.25) is 4.79 Å². The first-order valence-electron chi connectivity index (χ1n) is 6.47. The fraction of sp³-hybridized carbons (Fsp3) is 0.500. The maximum absolute atomic E-state index is 12.4. The van der Waals surface area contributed by atoms with E-state index in [4.69, 9.17) is 10.5 Å². The smallest absolute Gasteiger partial charge is 0.254 e. The first kappa shape index (κ1) is 12.9. The van der Waals surface area contributed by atoms with Crippen LogP contribution in [0, 0.1) is 0 Å². The van der Waals surface area contributed by atoms with E-state index in [0.29, 0.717) is 17.8 Å². The van der Waals surface area contributed by atoms with E-state index in [9.17, 15) is 4.79 Å². The molecule has 1 saturated heterocycles.